The zero-order chi connectivity index (χ0) is 16.5. The topological polar surface area (TPSA) is 75.8 Å². The van der Waals surface area contributed by atoms with E-state index >= 15 is 0 Å². The number of ether oxygens (including phenoxy) is 1. The number of nitro benzene ring substituents is 1. The number of nitrogens with zero attached hydrogens (tertiary/aromatic N) is 2. The zero-order valence-electron chi connectivity index (χ0n) is 11.8. The van der Waals surface area contributed by atoms with Gasteiger partial charge in [0.25, 0.3) is 0 Å². The van der Waals surface area contributed by atoms with Crippen molar-refractivity contribution in [3.05, 3.63) is 33.4 Å². The van der Waals surface area contributed by atoms with Gasteiger partial charge in [-0.25, -0.2) is 0 Å². The van der Waals surface area contributed by atoms with E-state index in [1.54, 1.807) is 0 Å². The Bertz CT molecular complexity index is 577. The third-order valence-electron chi connectivity index (χ3n) is 3.38. The van der Waals surface area contributed by atoms with Crippen LogP contribution in [0.25, 0.3) is 0 Å². The van der Waals surface area contributed by atoms with Gasteiger partial charge in [-0.1, -0.05) is 0 Å². The lowest BCUT2D eigenvalue weighted by Gasteiger charge is -2.31. The molecule has 1 fully saturated rings. The van der Waals surface area contributed by atoms with Crippen molar-refractivity contribution in [1.82, 2.24) is 4.90 Å². The Labute approximate surface area is 124 Å². The van der Waals surface area contributed by atoms with E-state index in [1.165, 1.54) is 0 Å². The summed E-state index contributed by atoms with van der Waals surface area (Å²) in [5.74, 6) is -1.35. The number of aromatic hydroxyl groups is 1. The van der Waals surface area contributed by atoms with Gasteiger partial charge in [-0.15, -0.1) is 0 Å². The SMILES string of the molecule is CC1CN(Cc2cc([N+](=O)[O-])c(O)c(C(F)(F)F)c2)CCO1. The van der Waals surface area contributed by atoms with Crippen molar-refractivity contribution in [2.45, 2.75) is 25.7 Å². The van der Waals surface area contributed by atoms with Crippen LogP contribution in [-0.2, 0) is 17.5 Å². The molecule has 22 heavy (non-hydrogen) atoms. The maximum atomic E-state index is 12.9. The lowest BCUT2D eigenvalue weighted by molar-refractivity contribution is -0.386. The summed E-state index contributed by atoms with van der Waals surface area (Å²) in [6, 6.07) is 1.73. The lowest BCUT2D eigenvalue weighted by Crippen LogP contribution is -2.40. The number of rotatable bonds is 3. The summed E-state index contributed by atoms with van der Waals surface area (Å²) >= 11 is 0. The summed E-state index contributed by atoms with van der Waals surface area (Å²) in [4.78, 5) is 11.7. The Morgan fingerprint density at radius 2 is 2.18 bits per heavy atom. The minimum Gasteiger partial charge on any atom is -0.502 e. The van der Waals surface area contributed by atoms with Crippen LogP contribution in [-0.4, -0.2) is 40.7 Å². The summed E-state index contributed by atoms with van der Waals surface area (Å²) in [5.41, 5.74) is -2.20. The fourth-order valence-corrected chi connectivity index (χ4v) is 2.42. The summed E-state index contributed by atoms with van der Waals surface area (Å²) in [5, 5.41) is 20.3. The smallest absolute Gasteiger partial charge is 0.420 e. The molecule has 1 aromatic rings. The molecule has 2 rings (SSSR count). The van der Waals surface area contributed by atoms with Gasteiger partial charge in [-0.05, 0) is 18.6 Å². The Morgan fingerprint density at radius 1 is 1.50 bits per heavy atom. The normalized spacial score (nSPS) is 20.1. The monoisotopic (exact) mass is 320 g/mol. The average molecular weight is 320 g/mol. The Balaban J connectivity index is 2.35. The van der Waals surface area contributed by atoms with Crippen LogP contribution in [0.2, 0.25) is 0 Å². The molecule has 1 unspecified atom stereocenters. The zero-order valence-corrected chi connectivity index (χ0v) is 11.8. The number of phenols is 1. The van der Waals surface area contributed by atoms with Crippen LogP contribution < -0.4 is 0 Å². The van der Waals surface area contributed by atoms with E-state index in [0.717, 1.165) is 12.1 Å². The second-order valence-electron chi connectivity index (χ2n) is 5.18. The van der Waals surface area contributed by atoms with E-state index in [9.17, 15) is 28.4 Å². The fraction of sp³-hybridized carbons (Fsp3) is 0.538. The van der Waals surface area contributed by atoms with Crippen LogP contribution in [0.4, 0.5) is 18.9 Å². The molecule has 122 valence electrons. The van der Waals surface area contributed by atoms with Crippen molar-refractivity contribution in [3.8, 4) is 5.75 Å². The third kappa shape index (κ3) is 3.66. The van der Waals surface area contributed by atoms with Crippen LogP contribution in [0.5, 0.6) is 5.75 Å². The minimum atomic E-state index is -4.86. The van der Waals surface area contributed by atoms with Crippen LogP contribution in [0.3, 0.4) is 0 Å². The Hall–Kier alpha value is -1.87. The van der Waals surface area contributed by atoms with Gasteiger partial charge in [0.15, 0.2) is 0 Å². The number of hydrogen-bond donors (Lipinski definition) is 1. The first-order valence-electron chi connectivity index (χ1n) is 6.60. The number of morpholine rings is 1. The molecule has 1 heterocycles. The van der Waals surface area contributed by atoms with Gasteiger partial charge in [-0.3, -0.25) is 15.0 Å². The maximum absolute atomic E-state index is 12.9. The first-order chi connectivity index (χ1) is 10.2. The molecule has 0 aromatic heterocycles. The minimum absolute atomic E-state index is 0.0528. The molecule has 0 amide bonds. The molecule has 0 bridgehead atoms. The van der Waals surface area contributed by atoms with Crippen molar-refractivity contribution in [1.29, 1.82) is 0 Å². The van der Waals surface area contributed by atoms with Gasteiger partial charge in [0.05, 0.1) is 17.6 Å². The van der Waals surface area contributed by atoms with Crippen molar-refractivity contribution < 1.29 is 27.9 Å². The number of nitro groups is 1. The molecule has 6 nitrogen and oxygen atoms in total. The second-order valence-corrected chi connectivity index (χ2v) is 5.18. The molecule has 9 heteroatoms. The molecule has 1 aromatic carbocycles. The van der Waals surface area contributed by atoms with Gasteiger partial charge in [0, 0.05) is 25.7 Å². The standard InChI is InChI=1S/C13H15F3N2O4/c1-8-6-17(2-3-22-8)7-9-4-10(13(14,15)16)12(19)11(5-9)18(20)21/h4-5,8,19H,2-3,6-7H2,1H3. The highest BCUT2D eigenvalue weighted by molar-refractivity contribution is 5.54. The quantitative estimate of drug-likeness (QED) is 0.684. The summed E-state index contributed by atoms with van der Waals surface area (Å²) in [6.45, 7) is 3.47. The molecular weight excluding hydrogens is 305 g/mol. The number of benzene rings is 1. The van der Waals surface area contributed by atoms with Gasteiger partial charge < -0.3 is 9.84 Å². The highest BCUT2D eigenvalue weighted by Crippen LogP contribution is 2.41. The second kappa shape index (κ2) is 6.09. The van der Waals surface area contributed by atoms with Crippen LogP contribution in [0.15, 0.2) is 12.1 Å². The van der Waals surface area contributed by atoms with Crippen LogP contribution in [0, 0.1) is 10.1 Å². The number of alkyl halides is 3. The molecule has 1 aliphatic heterocycles. The van der Waals surface area contributed by atoms with Crippen molar-refractivity contribution in [2.24, 2.45) is 0 Å². The highest BCUT2D eigenvalue weighted by atomic mass is 19.4. The maximum Gasteiger partial charge on any atom is 0.420 e. The first-order valence-corrected chi connectivity index (χ1v) is 6.60. The third-order valence-corrected chi connectivity index (χ3v) is 3.38. The first kappa shape index (κ1) is 16.5. The summed E-state index contributed by atoms with van der Waals surface area (Å²) in [6.07, 6.45) is -4.91. The summed E-state index contributed by atoms with van der Waals surface area (Å²) in [7, 11) is 0. The molecule has 0 aliphatic carbocycles. The van der Waals surface area contributed by atoms with E-state index < -0.39 is 28.1 Å². The lowest BCUT2D eigenvalue weighted by atomic mass is 10.1. The molecule has 0 saturated carbocycles. The predicted octanol–water partition coefficient (Wildman–Crippen LogP) is 2.54. The van der Waals surface area contributed by atoms with Gasteiger partial charge >= 0.3 is 11.9 Å². The predicted molar refractivity (Wildman–Crippen MR) is 70.5 cm³/mol. The number of hydrogen-bond acceptors (Lipinski definition) is 5. The van der Waals surface area contributed by atoms with E-state index in [2.05, 4.69) is 0 Å². The van der Waals surface area contributed by atoms with Gasteiger partial charge in [0.1, 0.15) is 5.56 Å². The van der Waals surface area contributed by atoms with Crippen LogP contribution >= 0.6 is 0 Å². The van der Waals surface area contributed by atoms with Crippen molar-refractivity contribution >= 4 is 5.69 Å². The Kier molecular flexibility index (Phi) is 4.57. The molecular formula is C13H15F3N2O4. The molecule has 1 aliphatic rings. The summed E-state index contributed by atoms with van der Waals surface area (Å²) < 4.78 is 44.0. The van der Waals surface area contributed by atoms with Crippen molar-refractivity contribution in [2.75, 3.05) is 19.7 Å². The number of phenolic OH excluding ortho intramolecular Hbond substituents is 1. The van der Waals surface area contributed by atoms with Gasteiger partial charge in [0.2, 0.25) is 5.75 Å². The largest absolute Gasteiger partial charge is 0.502 e. The average Bonchev–Trinajstić information content (AvgIpc) is 2.39. The molecule has 1 N–H and O–H groups in total. The molecule has 1 atom stereocenters. The molecule has 0 spiro atoms. The van der Waals surface area contributed by atoms with E-state index in [0.29, 0.717) is 19.7 Å². The van der Waals surface area contributed by atoms with E-state index in [1.807, 2.05) is 11.8 Å². The molecule has 1 saturated heterocycles. The highest BCUT2D eigenvalue weighted by Gasteiger charge is 2.38. The Morgan fingerprint density at radius 3 is 2.73 bits per heavy atom. The number of halogens is 3. The van der Waals surface area contributed by atoms with Crippen molar-refractivity contribution in [3.63, 3.8) is 0 Å². The van der Waals surface area contributed by atoms with E-state index in [-0.39, 0.29) is 18.2 Å². The van der Waals surface area contributed by atoms with Gasteiger partial charge in [-0.2, -0.15) is 13.2 Å². The van der Waals surface area contributed by atoms with Crippen LogP contribution in [0.1, 0.15) is 18.1 Å². The fourth-order valence-electron chi connectivity index (χ4n) is 2.42. The molecule has 0 radical (unpaired) electrons. The van der Waals surface area contributed by atoms with E-state index in [4.69, 9.17) is 4.74 Å².